The molecule has 0 unspecified atom stereocenters. The van der Waals surface area contributed by atoms with E-state index in [-0.39, 0.29) is 23.3 Å². The van der Waals surface area contributed by atoms with Gasteiger partial charge in [0.25, 0.3) is 5.91 Å². The van der Waals surface area contributed by atoms with Crippen LogP contribution in [0, 0.1) is 0 Å². The van der Waals surface area contributed by atoms with Gasteiger partial charge in [0.15, 0.2) is 0 Å². The standard InChI is InChI=1S/C16H21F3N2O2/c1-10(2)21-15(22)13-7-12(11-3-5-20-6-4-11)8-14(9-13)23-16(17,18)19/h7-11,20H,3-6H2,1-2H3,(H,21,22). The lowest BCUT2D eigenvalue weighted by molar-refractivity contribution is -0.274. The van der Waals surface area contributed by atoms with E-state index in [1.165, 1.54) is 6.07 Å². The third-order valence-corrected chi connectivity index (χ3v) is 3.65. The summed E-state index contributed by atoms with van der Waals surface area (Å²) in [6, 6.07) is 4.08. The molecule has 2 rings (SSSR count). The number of halogens is 3. The summed E-state index contributed by atoms with van der Waals surface area (Å²) < 4.78 is 41.6. The predicted molar refractivity (Wildman–Crippen MR) is 80.6 cm³/mol. The lowest BCUT2D eigenvalue weighted by atomic mass is 9.89. The molecule has 0 bridgehead atoms. The molecule has 4 nitrogen and oxygen atoms in total. The van der Waals surface area contributed by atoms with Crippen LogP contribution in [-0.2, 0) is 0 Å². The number of benzene rings is 1. The number of ether oxygens (including phenoxy) is 1. The van der Waals surface area contributed by atoms with E-state index in [9.17, 15) is 18.0 Å². The van der Waals surface area contributed by atoms with E-state index >= 15 is 0 Å². The molecule has 1 heterocycles. The summed E-state index contributed by atoms with van der Waals surface area (Å²) >= 11 is 0. The molecule has 0 radical (unpaired) electrons. The lowest BCUT2D eigenvalue weighted by Crippen LogP contribution is -2.30. The third-order valence-electron chi connectivity index (χ3n) is 3.65. The fraction of sp³-hybridized carbons (Fsp3) is 0.562. The zero-order chi connectivity index (χ0) is 17.0. The van der Waals surface area contributed by atoms with Crippen LogP contribution in [0.2, 0.25) is 0 Å². The number of alkyl halides is 3. The zero-order valence-electron chi connectivity index (χ0n) is 13.2. The Balaban J connectivity index is 2.32. The quantitative estimate of drug-likeness (QED) is 0.891. The van der Waals surface area contributed by atoms with Gasteiger partial charge in [-0.05, 0) is 69.5 Å². The van der Waals surface area contributed by atoms with Crippen molar-refractivity contribution in [2.45, 2.75) is 45.0 Å². The maximum atomic E-state index is 12.5. The first-order valence-electron chi connectivity index (χ1n) is 7.67. The number of rotatable bonds is 4. The number of carbonyl (C=O) groups excluding carboxylic acids is 1. The van der Waals surface area contributed by atoms with Crippen molar-refractivity contribution in [3.63, 3.8) is 0 Å². The van der Waals surface area contributed by atoms with Crippen molar-refractivity contribution < 1.29 is 22.7 Å². The van der Waals surface area contributed by atoms with Gasteiger partial charge in [-0.1, -0.05) is 0 Å². The maximum absolute atomic E-state index is 12.5. The van der Waals surface area contributed by atoms with Gasteiger partial charge in [-0.3, -0.25) is 4.79 Å². The van der Waals surface area contributed by atoms with Gasteiger partial charge in [-0.2, -0.15) is 0 Å². The van der Waals surface area contributed by atoms with Crippen molar-refractivity contribution in [3.8, 4) is 5.75 Å². The number of hydrogen-bond acceptors (Lipinski definition) is 3. The maximum Gasteiger partial charge on any atom is 0.573 e. The molecular formula is C16H21F3N2O2. The van der Waals surface area contributed by atoms with E-state index in [1.807, 2.05) is 0 Å². The molecular weight excluding hydrogens is 309 g/mol. The first kappa shape index (κ1) is 17.6. The Kier molecular flexibility index (Phi) is 5.51. The summed E-state index contributed by atoms with van der Waals surface area (Å²) in [5, 5.41) is 5.90. The van der Waals surface area contributed by atoms with E-state index in [2.05, 4.69) is 15.4 Å². The Labute approximate surface area is 133 Å². The van der Waals surface area contributed by atoms with Gasteiger partial charge in [0.2, 0.25) is 0 Å². The Morgan fingerprint density at radius 2 is 1.91 bits per heavy atom. The summed E-state index contributed by atoms with van der Waals surface area (Å²) in [7, 11) is 0. The second-order valence-electron chi connectivity index (χ2n) is 5.99. The molecule has 23 heavy (non-hydrogen) atoms. The van der Waals surface area contributed by atoms with Crippen LogP contribution in [0.25, 0.3) is 0 Å². The molecule has 0 aliphatic carbocycles. The Bertz CT molecular complexity index is 553. The van der Waals surface area contributed by atoms with E-state index in [4.69, 9.17) is 0 Å². The molecule has 0 saturated carbocycles. The normalized spacial score (nSPS) is 16.4. The van der Waals surface area contributed by atoms with Crippen LogP contribution in [-0.4, -0.2) is 31.4 Å². The second-order valence-corrected chi connectivity index (χ2v) is 5.99. The topological polar surface area (TPSA) is 50.4 Å². The third kappa shape index (κ3) is 5.42. The van der Waals surface area contributed by atoms with Gasteiger partial charge in [-0.15, -0.1) is 13.2 Å². The highest BCUT2D eigenvalue weighted by molar-refractivity contribution is 5.95. The summed E-state index contributed by atoms with van der Waals surface area (Å²) in [6.07, 6.45) is -3.14. The Morgan fingerprint density at radius 3 is 2.48 bits per heavy atom. The van der Waals surface area contributed by atoms with E-state index in [0.29, 0.717) is 5.56 Å². The van der Waals surface area contributed by atoms with Crippen molar-refractivity contribution in [1.29, 1.82) is 0 Å². The predicted octanol–water partition coefficient (Wildman–Crippen LogP) is 3.19. The molecule has 1 aromatic rings. The molecule has 1 aromatic carbocycles. The molecule has 0 aromatic heterocycles. The SMILES string of the molecule is CC(C)NC(=O)c1cc(OC(F)(F)F)cc(C2CCNCC2)c1. The van der Waals surface area contributed by atoms with E-state index < -0.39 is 12.3 Å². The largest absolute Gasteiger partial charge is 0.573 e. The van der Waals surface area contributed by atoms with Crippen LogP contribution in [0.3, 0.4) is 0 Å². The molecule has 1 aliphatic rings. The summed E-state index contributed by atoms with van der Waals surface area (Å²) in [4.78, 5) is 12.1. The van der Waals surface area contributed by atoms with Crippen LogP contribution >= 0.6 is 0 Å². The van der Waals surface area contributed by atoms with Crippen LogP contribution in [0.1, 0.15) is 48.5 Å². The van der Waals surface area contributed by atoms with Crippen molar-refractivity contribution in [2.24, 2.45) is 0 Å². The molecule has 1 saturated heterocycles. The van der Waals surface area contributed by atoms with Gasteiger partial charge in [0.05, 0.1) is 0 Å². The molecule has 7 heteroatoms. The van der Waals surface area contributed by atoms with Crippen molar-refractivity contribution in [1.82, 2.24) is 10.6 Å². The van der Waals surface area contributed by atoms with Gasteiger partial charge in [-0.25, -0.2) is 0 Å². The monoisotopic (exact) mass is 330 g/mol. The number of amides is 1. The summed E-state index contributed by atoms with van der Waals surface area (Å²) in [5.74, 6) is -0.621. The van der Waals surface area contributed by atoms with Crippen LogP contribution in [0.15, 0.2) is 18.2 Å². The van der Waals surface area contributed by atoms with Crippen molar-refractivity contribution >= 4 is 5.91 Å². The number of piperidine rings is 1. The minimum Gasteiger partial charge on any atom is -0.406 e. The Hall–Kier alpha value is -1.76. The smallest absolute Gasteiger partial charge is 0.406 e. The minimum absolute atomic E-state index is 0.1000. The highest BCUT2D eigenvalue weighted by atomic mass is 19.4. The van der Waals surface area contributed by atoms with Crippen LogP contribution in [0.5, 0.6) is 5.75 Å². The van der Waals surface area contributed by atoms with Gasteiger partial charge >= 0.3 is 6.36 Å². The summed E-state index contributed by atoms with van der Waals surface area (Å²) in [6.45, 7) is 5.20. The first-order chi connectivity index (χ1) is 10.7. The molecule has 128 valence electrons. The fourth-order valence-electron chi connectivity index (χ4n) is 2.68. The van der Waals surface area contributed by atoms with Crippen molar-refractivity contribution in [2.75, 3.05) is 13.1 Å². The number of hydrogen-bond donors (Lipinski definition) is 2. The summed E-state index contributed by atoms with van der Waals surface area (Å²) in [5.41, 5.74) is 0.899. The first-order valence-corrected chi connectivity index (χ1v) is 7.67. The van der Waals surface area contributed by atoms with Gasteiger partial charge in [0.1, 0.15) is 5.75 Å². The van der Waals surface area contributed by atoms with E-state index in [0.717, 1.165) is 32.0 Å². The molecule has 2 N–H and O–H groups in total. The minimum atomic E-state index is -4.78. The molecule has 0 atom stereocenters. The average Bonchev–Trinajstić information content (AvgIpc) is 2.45. The lowest BCUT2D eigenvalue weighted by Gasteiger charge is -2.24. The van der Waals surface area contributed by atoms with Crippen LogP contribution < -0.4 is 15.4 Å². The number of nitrogens with one attached hydrogen (secondary N) is 2. The number of carbonyl (C=O) groups is 1. The van der Waals surface area contributed by atoms with Gasteiger partial charge < -0.3 is 15.4 Å². The molecule has 0 spiro atoms. The van der Waals surface area contributed by atoms with Gasteiger partial charge in [0, 0.05) is 11.6 Å². The Morgan fingerprint density at radius 1 is 1.26 bits per heavy atom. The average molecular weight is 330 g/mol. The van der Waals surface area contributed by atoms with Crippen LogP contribution in [0.4, 0.5) is 13.2 Å². The highest BCUT2D eigenvalue weighted by Crippen LogP contribution is 2.31. The van der Waals surface area contributed by atoms with E-state index in [1.54, 1.807) is 19.9 Å². The van der Waals surface area contributed by atoms with Crippen molar-refractivity contribution in [3.05, 3.63) is 29.3 Å². The molecule has 1 amide bonds. The molecule has 1 fully saturated rings. The highest BCUT2D eigenvalue weighted by Gasteiger charge is 2.32. The molecule has 1 aliphatic heterocycles. The zero-order valence-corrected chi connectivity index (χ0v) is 13.2. The fourth-order valence-corrected chi connectivity index (χ4v) is 2.68. The second kappa shape index (κ2) is 7.21.